The van der Waals surface area contributed by atoms with Crippen LogP contribution in [-0.2, 0) is 19.6 Å². The van der Waals surface area contributed by atoms with Crippen molar-refractivity contribution in [1.29, 1.82) is 0 Å². The van der Waals surface area contributed by atoms with Gasteiger partial charge in [-0.05, 0) is 57.2 Å². The molecule has 0 saturated carbocycles. The van der Waals surface area contributed by atoms with Gasteiger partial charge < -0.3 is 15.1 Å². The van der Waals surface area contributed by atoms with Crippen molar-refractivity contribution in [2.24, 2.45) is 5.92 Å². The van der Waals surface area contributed by atoms with Crippen LogP contribution in [0, 0.1) is 12.8 Å². The Balaban J connectivity index is 1.49. The molecule has 0 radical (unpaired) electrons. The topological polar surface area (TPSA) is 139 Å². The summed E-state index contributed by atoms with van der Waals surface area (Å²) in [4.78, 5) is 43.6. The second kappa shape index (κ2) is 11.7. The Labute approximate surface area is 228 Å². The molecule has 3 aromatic rings. The third-order valence-corrected chi connectivity index (χ3v) is 8.85. The molecule has 0 bridgehead atoms. The van der Waals surface area contributed by atoms with Gasteiger partial charge in [0, 0.05) is 23.2 Å². The van der Waals surface area contributed by atoms with Gasteiger partial charge in [0.15, 0.2) is 16.6 Å². The van der Waals surface area contributed by atoms with E-state index < -0.39 is 45.7 Å². The summed E-state index contributed by atoms with van der Waals surface area (Å²) in [6.45, 7) is 6.99. The van der Waals surface area contributed by atoms with Crippen LogP contribution >= 0.6 is 0 Å². The van der Waals surface area contributed by atoms with Crippen LogP contribution < -0.4 is 10.6 Å². The number of aromatic nitrogens is 1. The van der Waals surface area contributed by atoms with Gasteiger partial charge in [0.2, 0.25) is 5.91 Å². The van der Waals surface area contributed by atoms with Crippen LogP contribution in [0.3, 0.4) is 0 Å². The van der Waals surface area contributed by atoms with E-state index in [1.165, 1.54) is 12.3 Å². The Morgan fingerprint density at radius 3 is 2.51 bits per heavy atom. The number of hydrogen-bond acceptors (Lipinski definition) is 7. The molecule has 2 aromatic heterocycles. The number of carbonyl (C=O) groups excluding carboxylic acids is 3. The zero-order valence-electron chi connectivity index (χ0n) is 22.5. The number of benzene rings is 1. The number of para-hydroxylation sites is 1. The third-order valence-electron chi connectivity index (χ3n) is 6.97. The number of carbonyl (C=O) groups is 3. The number of hydrogen-bond donors (Lipinski definition) is 2. The third kappa shape index (κ3) is 6.20. The lowest BCUT2D eigenvalue weighted by Crippen LogP contribution is -2.52. The Bertz CT molecular complexity index is 1470. The maximum atomic E-state index is 13.4. The van der Waals surface area contributed by atoms with Gasteiger partial charge in [-0.3, -0.25) is 14.4 Å². The van der Waals surface area contributed by atoms with Crippen molar-refractivity contribution in [3.8, 4) is 0 Å². The van der Waals surface area contributed by atoms with Crippen LogP contribution in [0.4, 0.5) is 0 Å². The molecule has 0 aliphatic carbocycles. The zero-order chi connectivity index (χ0) is 28.3. The smallest absolute Gasteiger partial charge is 0.287 e. The summed E-state index contributed by atoms with van der Waals surface area (Å²) in [7, 11) is -3.99. The highest BCUT2D eigenvalue weighted by Crippen LogP contribution is 2.26. The molecule has 208 valence electrons. The lowest BCUT2D eigenvalue weighted by Gasteiger charge is -2.25. The Kier molecular flexibility index (Phi) is 8.51. The van der Waals surface area contributed by atoms with E-state index in [-0.39, 0.29) is 29.7 Å². The van der Waals surface area contributed by atoms with E-state index in [0.717, 1.165) is 9.69 Å². The molecule has 1 saturated heterocycles. The minimum atomic E-state index is -3.99. The van der Waals surface area contributed by atoms with Gasteiger partial charge in [0.1, 0.15) is 11.6 Å². The van der Waals surface area contributed by atoms with E-state index in [1.807, 2.05) is 32.0 Å². The maximum Gasteiger partial charge on any atom is 0.287 e. The van der Waals surface area contributed by atoms with E-state index in [2.05, 4.69) is 15.6 Å². The van der Waals surface area contributed by atoms with Gasteiger partial charge in [-0.25, -0.2) is 13.4 Å². The van der Waals surface area contributed by atoms with Gasteiger partial charge in [-0.2, -0.15) is 4.31 Å². The molecule has 3 atom stereocenters. The molecule has 1 unspecified atom stereocenters. The van der Waals surface area contributed by atoms with Gasteiger partial charge in [0.25, 0.3) is 15.9 Å². The van der Waals surface area contributed by atoms with E-state index in [0.29, 0.717) is 24.0 Å². The normalized spacial score (nSPS) is 19.6. The Hall–Kier alpha value is -3.57. The predicted octanol–water partition coefficient (Wildman–Crippen LogP) is 3.21. The van der Waals surface area contributed by atoms with Crippen LogP contribution in [0.5, 0.6) is 0 Å². The molecule has 4 rings (SSSR count). The summed E-state index contributed by atoms with van der Waals surface area (Å²) >= 11 is 0. The molecule has 1 aromatic carbocycles. The quantitative estimate of drug-likeness (QED) is 0.436. The van der Waals surface area contributed by atoms with Gasteiger partial charge in [-0.15, -0.1) is 0 Å². The number of pyridine rings is 1. The van der Waals surface area contributed by atoms with E-state index in [1.54, 1.807) is 32.0 Å². The van der Waals surface area contributed by atoms with E-state index >= 15 is 0 Å². The SMILES string of the molecule is Cc1c(C(=O)N[C@@H](CC(C)C)C(=O)NC2CC[C@@H](C)N(S(=O)(=O)c3ccccn3)CC2=O)oc2ccccc12. The number of ketones is 1. The monoisotopic (exact) mass is 554 g/mol. The fourth-order valence-corrected chi connectivity index (χ4v) is 6.38. The number of furan rings is 1. The van der Waals surface area contributed by atoms with Crippen LogP contribution in [-0.4, -0.2) is 60.0 Å². The fourth-order valence-electron chi connectivity index (χ4n) is 4.82. The highest BCUT2D eigenvalue weighted by Gasteiger charge is 2.38. The number of Topliss-reactive ketones (excluding diaryl/α,β-unsaturated/α-hetero) is 1. The second-order valence-electron chi connectivity index (χ2n) is 10.4. The first kappa shape index (κ1) is 28.4. The number of amides is 2. The fraction of sp³-hybridized carbons (Fsp3) is 0.429. The molecule has 3 heterocycles. The molecule has 1 aliphatic rings. The van der Waals surface area contributed by atoms with Gasteiger partial charge in [-0.1, -0.05) is 38.1 Å². The summed E-state index contributed by atoms with van der Waals surface area (Å²) in [6, 6.07) is 9.61. The Morgan fingerprint density at radius 1 is 1.13 bits per heavy atom. The summed E-state index contributed by atoms with van der Waals surface area (Å²) in [5, 5.41) is 6.24. The Morgan fingerprint density at radius 2 is 1.85 bits per heavy atom. The number of rotatable bonds is 8. The van der Waals surface area contributed by atoms with Crippen LogP contribution in [0.1, 0.15) is 56.2 Å². The predicted molar refractivity (Wildman–Crippen MR) is 145 cm³/mol. The highest BCUT2D eigenvalue weighted by atomic mass is 32.2. The van der Waals surface area contributed by atoms with Crippen molar-refractivity contribution in [1.82, 2.24) is 19.9 Å². The van der Waals surface area contributed by atoms with E-state index in [9.17, 15) is 22.8 Å². The second-order valence-corrected chi connectivity index (χ2v) is 12.2. The lowest BCUT2D eigenvalue weighted by molar-refractivity contribution is -0.129. The van der Waals surface area contributed by atoms with Crippen LogP contribution in [0.15, 0.2) is 58.1 Å². The molecule has 1 aliphatic heterocycles. The van der Waals surface area contributed by atoms with Crippen molar-refractivity contribution < 1.29 is 27.2 Å². The minimum Gasteiger partial charge on any atom is -0.451 e. The van der Waals surface area contributed by atoms with Gasteiger partial charge in [0.05, 0.1) is 12.6 Å². The van der Waals surface area contributed by atoms with Crippen molar-refractivity contribution >= 4 is 38.6 Å². The van der Waals surface area contributed by atoms with Crippen LogP contribution in [0.2, 0.25) is 0 Å². The molecule has 2 amide bonds. The standard InChI is InChI=1S/C28H34N4O6S/c1-17(2)15-22(31-28(35)26-19(4)20-9-5-6-10-24(20)38-26)27(34)30-21-13-12-18(3)32(16-23(21)33)39(36,37)25-11-7-8-14-29-25/h5-11,14,17-18,21-22H,12-13,15-16H2,1-4H3,(H,30,34)(H,31,35)/t18-,21?,22+/m1/s1. The number of nitrogens with zero attached hydrogens (tertiary/aromatic N) is 2. The van der Waals surface area contributed by atoms with Crippen molar-refractivity contribution in [3.05, 3.63) is 60.0 Å². The molecular weight excluding hydrogens is 520 g/mol. The summed E-state index contributed by atoms with van der Waals surface area (Å²) in [5.41, 5.74) is 1.25. The molecule has 11 heteroatoms. The molecule has 1 fully saturated rings. The lowest BCUT2D eigenvalue weighted by atomic mass is 10.0. The van der Waals surface area contributed by atoms with Crippen molar-refractivity contribution in [2.45, 2.75) is 70.1 Å². The van der Waals surface area contributed by atoms with Crippen molar-refractivity contribution in [2.75, 3.05) is 6.54 Å². The first-order chi connectivity index (χ1) is 18.5. The minimum absolute atomic E-state index is 0.0710. The largest absolute Gasteiger partial charge is 0.451 e. The van der Waals surface area contributed by atoms with Gasteiger partial charge >= 0.3 is 0 Å². The van der Waals surface area contributed by atoms with Crippen LogP contribution in [0.25, 0.3) is 11.0 Å². The summed E-state index contributed by atoms with van der Waals surface area (Å²) in [6.07, 6.45) is 2.36. The zero-order valence-corrected chi connectivity index (χ0v) is 23.3. The first-order valence-electron chi connectivity index (χ1n) is 13.0. The average Bonchev–Trinajstić information content (AvgIpc) is 3.17. The van der Waals surface area contributed by atoms with E-state index in [4.69, 9.17) is 4.42 Å². The molecular formula is C28H34N4O6S. The highest BCUT2D eigenvalue weighted by molar-refractivity contribution is 7.89. The first-order valence-corrected chi connectivity index (χ1v) is 14.5. The average molecular weight is 555 g/mol. The summed E-state index contributed by atoms with van der Waals surface area (Å²) < 4.78 is 33.2. The summed E-state index contributed by atoms with van der Waals surface area (Å²) in [5.74, 6) is -1.24. The molecule has 39 heavy (non-hydrogen) atoms. The number of sulfonamides is 1. The molecule has 10 nitrogen and oxygen atoms in total. The maximum absolute atomic E-state index is 13.4. The number of nitrogens with one attached hydrogen (secondary N) is 2. The molecule has 2 N–H and O–H groups in total. The number of fused-ring (bicyclic) bond motifs is 1. The molecule has 0 spiro atoms. The van der Waals surface area contributed by atoms with Crippen molar-refractivity contribution in [3.63, 3.8) is 0 Å². The number of aryl methyl sites for hydroxylation is 1.